The lowest BCUT2D eigenvalue weighted by atomic mass is 10.7. The van der Waals surface area contributed by atoms with E-state index in [1.54, 1.807) is 0 Å². The normalized spacial score (nSPS) is 9.64. The van der Waals surface area contributed by atoms with Crippen LogP contribution < -0.4 is 0 Å². The van der Waals surface area contributed by atoms with E-state index in [0.717, 1.165) is 11.9 Å². The average Bonchev–Trinajstić information content (AvgIpc) is 1.95. The molecule has 0 aliphatic rings. The van der Waals surface area contributed by atoms with Crippen LogP contribution in [0.5, 0.6) is 0 Å². The molecule has 11 heavy (non-hydrogen) atoms. The zero-order chi connectivity index (χ0) is 8.27. The first-order chi connectivity index (χ1) is 5.24. The summed E-state index contributed by atoms with van der Waals surface area (Å²) >= 11 is 12.2. The van der Waals surface area contributed by atoms with Crippen molar-refractivity contribution in [3.8, 4) is 0 Å². The molecule has 0 amide bonds. The van der Waals surface area contributed by atoms with E-state index in [1.165, 1.54) is 6.20 Å². The maximum absolute atomic E-state index is 5.66. The Morgan fingerprint density at radius 1 is 1.55 bits per heavy atom. The fourth-order valence-corrected chi connectivity index (χ4v) is 1.23. The molecule has 0 saturated heterocycles. The van der Waals surface area contributed by atoms with Gasteiger partial charge in [0.15, 0.2) is 0 Å². The standard InChI is InChI=1S/C5H3Cl2N3S/c1-8-11-3-2-9-5(7)10-4(3)6/h2H,1H2. The van der Waals surface area contributed by atoms with Gasteiger partial charge in [-0.25, -0.2) is 14.4 Å². The summed E-state index contributed by atoms with van der Waals surface area (Å²) in [7, 11) is 0. The van der Waals surface area contributed by atoms with Gasteiger partial charge in [0, 0.05) is 18.1 Å². The van der Waals surface area contributed by atoms with E-state index < -0.39 is 0 Å². The molecule has 3 nitrogen and oxygen atoms in total. The second-order valence-corrected chi connectivity index (χ2v) is 3.09. The third kappa shape index (κ3) is 2.32. The Kier molecular flexibility index (Phi) is 3.11. The van der Waals surface area contributed by atoms with Gasteiger partial charge in [-0.05, 0) is 18.3 Å². The van der Waals surface area contributed by atoms with Crippen molar-refractivity contribution >= 4 is 41.9 Å². The topological polar surface area (TPSA) is 38.1 Å². The van der Waals surface area contributed by atoms with Crippen LogP contribution in [0.15, 0.2) is 15.5 Å². The third-order valence-corrected chi connectivity index (χ3v) is 2.05. The molecule has 58 valence electrons. The molecule has 1 aromatic rings. The molecule has 0 spiro atoms. The minimum Gasteiger partial charge on any atom is -0.227 e. The fraction of sp³-hybridized carbons (Fsp3) is 0. The van der Waals surface area contributed by atoms with Crippen molar-refractivity contribution in [1.82, 2.24) is 9.97 Å². The highest BCUT2D eigenvalue weighted by Crippen LogP contribution is 2.25. The SMILES string of the molecule is C=NSc1cnc(Cl)nc1Cl. The van der Waals surface area contributed by atoms with Crippen LogP contribution in [0.4, 0.5) is 0 Å². The summed E-state index contributed by atoms with van der Waals surface area (Å²) in [6, 6.07) is 0. The van der Waals surface area contributed by atoms with Crippen LogP contribution in [0.1, 0.15) is 0 Å². The van der Waals surface area contributed by atoms with Crippen LogP contribution in [-0.4, -0.2) is 16.7 Å². The van der Waals surface area contributed by atoms with Crippen molar-refractivity contribution in [2.75, 3.05) is 0 Å². The highest BCUT2D eigenvalue weighted by atomic mass is 35.5. The van der Waals surface area contributed by atoms with Crippen LogP contribution in [0.25, 0.3) is 0 Å². The second-order valence-electron chi connectivity index (χ2n) is 1.51. The predicted octanol–water partition coefficient (Wildman–Crippen LogP) is 2.49. The van der Waals surface area contributed by atoms with Crippen molar-refractivity contribution in [1.29, 1.82) is 0 Å². The molecule has 1 aromatic heterocycles. The molecule has 0 aliphatic heterocycles. The summed E-state index contributed by atoms with van der Waals surface area (Å²) in [4.78, 5) is 8.07. The van der Waals surface area contributed by atoms with Gasteiger partial charge in [-0.2, -0.15) is 0 Å². The Balaban J connectivity index is 2.98. The molecule has 0 bridgehead atoms. The van der Waals surface area contributed by atoms with Crippen molar-refractivity contribution in [2.45, 2.75) is 4.90 Å². The monoisotopic (exact) mass is 207 g/mol. The van der Waals surface area contributed by atoms with E-state index in [0.29, 0.717) is 10.0 Å². The Labute approximate surface area is 78.0 Å². The summed E-state index contributed by atoms with van der Waals surface area (Å²) in [6.07, 6.45) is 1.50. The van der Waals surface area contributed by atoms with E-state index >= 15 is 0 Å². The minimum absolute atomic E-state index is 0.128. The van der Waals surface area contributed by atoms with E-state index in [9.17, 15) is 0 Å². The van der Waals surface area contributed by atoms with Crippen LogP contribution in [-0.2, 0) is 0 Å². The highest BCUT2D eigenvalue weighted by molar-refractivity contribution is 7.98. The van der Waals surface area contributed by atoms with Gasteiger partial charge in [0.2, 0.25) is 5.28 Å². The molecule has 0 radical (unpaired) electrons. The first-order valence-electron chi connectivity index (χ1n) is 2.55. The number of rotatable bonds is 2. The maximum atomic E-state index is 5.66. The molecule has 1 heterocycles. The summed E-state index contributed by atoms with van der Waals surface area (Å²) in [5.74, 6) is 0. The number of hydrogen-bond acceptors (Lipinski definition) is 4. The van der Waals surface area contributed by atoms with Crippen molar-refractivity contribution in [2.24, 2.45) is 4.40 Å². The van der Waals surface area contributed by atoms with E-state index in [4.69, 9.17) is 23.2 Å². The zero-order valence-electron chi connectivity index (χ0n) is 5.29. The van der Waals surface area contributed by atoms with Gasteiger partial charge in [0.1, 0.15) is 5.15 Å². The van der Waals surface area contributed by atoms with Gasteiger partial charge < -0.3 is 0 Å². The van der Waals surface area contributed by atoms with Crippen molar-refractivity contribution in [3.63, 3.8) is 0 Å². The van der Waals surface area contributed by atoms with E-state index in [2.05, 4.69) is 21.1 Å². The largest absolute Gasteiger partial charge is 0.227 e. The molecule has 0 fully saturated rings. The van der Waals surface area contributed by atoms with E-state index in [-0.39, 0.29) is 5.28 Å². The Morgan fingerprint density at radius 2 is 2.27 bits per heavy atom. The van der Waals surface area contributed by atoms with Crippen LogP contribution in [0.2, 0.25) is 10.4 Å². The van der Waals surface area contributed by atoms with Crippen molar-refractivity contribution < 1.29 is 0 Å². The molecular weight excluding hydrogens is 205 g/mol. The number of aromatic nitrogens is 2. The molecule has 0 unspecified atom stereocenters. The summed E-state index contributed by atoms with van der Waals surface area (Å²) in [5, 5.41) is 0.422. The van der Waals surface area contributed by atoms with Gasteiger partial charge in [-0.3, -0.25) is 0 Å². The van der Waals surface area contributed by atoms with Gasteiger partial charge in [0.25, 0.3) is 0 Å². The number of nitrogens with zero attached hydrogens (tertiary/aromatic N) is 3. The lowest BCUT2D eigenvalue weighted by Crippen LogP contribution is -1.83. The molecule has 0 N–H and O–H groups in total. The molecule has 6 heteroatoms. The van der Waals surface area contributed by atoms with Crippen LogP contribution >= 0.6 is 35.1 Å². The van der Waals surface area contributed by atoms with Gasteiger partial charge in [-0.15, -0.1) is 0 Å². The first kappa shape index (κ1) is 8.77. The van der Waals surface area contributed by atoms with E-state index in [1.807, 2.05) is 0 Å². The molecule has 0 atom stereocenters. The van der Waals surface area contributed by atoms with Crippen LogP contribution in [0, 0.1) is 0 Å². The summed E-state index contributed by atoms with van der Waals surface area (Å²) in [6.45, 7) is 3.29. The van der Waals surface area contributed by atoms with Gasteiger partial charge in [-0.1, -0.05) is 11.6 Å². The van der Waals surface area contributed by atoms with Gasteiger partial charge in [0.05, 0.1) is 4.90 Å². The minimum atomic E-state index is 0.128. The molecule has 0 aromatic carbocycles. The first-order valence-corrected chi connectivity index (χ1v) is 4.08. The van der Waals surface area contributed by atoms with Crippen molar-refractivity contribution in [3.05, 3.63) is 16.6 Å². The zero-order valence-corrected chi connectivity index (χ0v) is 7.62. The maximum Gasteiger partial charge on any atom is 0.223 e. The fourth-order valence-electron chi connectivity index (χ4n) is 0.461. The third-order valence-electron chi connectivity index (χ3n) is 0.845. The summed E-state index contributed by atoms with van der Waals surface area (Å²) < 4.78 is 3.56. The van der Waals surface area contributed by atoms with Gasteiger partial charge >= 0.3 is 0 Å². The predicted molar refractivity (Wildman–Crippen MR) is 47.5 cm³/mol. The highest BCUT2D eigenvalue weighted by Gasteiger charge is 2.02. The molecule has 0 saturated carbocycles. The number of halogens is 2. The lowest BCUT2D eigenvalue weighted by Gasteiger charge is -1.96. The van der Waals surface area contributed by atoms with Crippen LogP contribution in [0.3, 0.4) is 0 Å². The average molecular weight is 208 g/mol. The quantitative estimate of drug-likeness (QED) is 0.324. The second kappa shape index (κ2) is 3.90. The Bertz CT molecular complexity index is 278. The summed E-state index contributed by atoms with van der Waals surface area (Å²) in [5.41, 5.74) is 0. The lowest BCUT2D eigenvalue weighted by molar-refractivity contribution is 1.10. The molecular formula is C5H3Cl2N3S. The smallest absolute Gasteiger partial charge is 0.223 e. The molecule has 0 aliphatic carbocycles. The Hall–Kier alpha value is -0.320. The number of hydrogen-bond donors (Lipinski definition) is 0. The Morgan fingerprint density at radius 3 is 2.82 bits per heavy atom. The molecule has 1 rings (SSSR count).